The molecule has 0 aliphatic carbocycles. The number of rotatable bonds is 2. The summed E-state index contributed by atoms with van der Waals surface area (Å²) in [6, 6.07) is 9.47. The summed E-state index contributed by atoms with van der Waals surface area (Å²) in [5.41, 5.74) is 7.20. The highest BCUT2D eigenvalue weighted by atomic mass is 35.5. The molecule has 0 fully saturated rings. The van der Waals surface area contributed by atoms with Gasteiger partial charge in [0.2, 0.25) is 0 Å². The number of nitrogens with two attached hydrogens (primary N) is 1. The number of hydrogen-bond acceptors (Lipinski definition) is 4. The summed E-state index contributed by atoms with van der Waals surface area (Å²) in [4.78, 5) is 5.33. The van der Waals surface area contributed by atoms with E-state index in [1.165, 1.54) is 0 Å². The highest BCUT2D eigenvalue weighted by Crippen LogP contribution is 2.24. The maximum atomic E-state index is 8.66. The lowest BCUT2D eigenvalue weighted by Gasteiger charge is -1.94. The molecule has 0 aliphatic rings. The van der Waals surface area contributed by atoms with Gasteiger partial charge >= 0.3 is 0 Å². The molecule has 5 heteroatoms. The lowest BCUT2D eigenvalue weighted by molar-refractivity contribution is 1.10. The maximum absolute atomic E-state index is 8.66. The first-order chi connectivity index (χ1) is 7.33. The van der Waals surface area contributed by atoms with Gasteiger partial charge in [0.15, 0.2) is 0 Å². The molecule has 0 saturated carbocycles. The molecule has 2 rings (SSSR count). The Morgan fingerprint density at radius 1 is 1.31 bits per heavy atom. The molecule has 16 heavy (non-hydrogen) atoms. The van der Waals surface area contributed by atoms with Gasteiger partial charge in [0.05, 0.1) is 11.6 Å². The van der Waals surface area contributed by atoms with Crippen LogP contribution in [0.25, 0.3) is 10.6 Å². The Morgan fingerprint density at radius 3 is 2.50 bits per heavy atom. The van der Waals surface area contributed by atoms with Crippen LogP contribution in [0, 0.1) is 11.3 Å². The number of nitriles is 1. The molecular weight excluding hydrogens is 242 g/mol. The van der Waals surface area contributed by atoms with Crippen LogP contribution in [0.15, 0.2) is 30.5 Å². The van der Waals surface area contributed by atoms with Gasteiger partial charge in [0.25, 0.3) is 0 Å². The van der Waals surface area contributed by atoms with Gasteiger partial charge in [-0.25, -0.2) is 4.98 Å². The normalized spacial score (nSPS) is 9.25. The van der Waals surface area contributed by atoms with Crippen LogP contribution in [-0.2, 0) is 6.54 Å². The Kier molecular flexibility index (Phi) is 4.44. The maximum Gasteiger partial charge on any atom is 0.123 e. The van der Waals surface area contributed by atoms with Crippen molar-refractivity contribution in [1.29, 1.82) is 5.26 Å². The highest BCUT2D eigenvalue weighted by molar-refractivity contribution is 7.15. The zero-order valence-electron chi connectivity index (χ0n) is 8.38. The number of thiazole rings is 1. The van der Waals surface area contributed by atoms with Crippen molar-refractivity contribution in [2.75, 3.05) is 0 Å². The van der Waals surface area contributed by atoms with Crippen LogP contribution in [0.3, 0.4) is 0 Å². The Labute approximate surface area is 104 Å². The van der Waals surface area contributed by atoms with E-state index in [1.54, 1.807) is 29.7 Å². The second kappa shape index (κ2) is 5.61. The summed E-state index contributed by atoms with van der Waals surface area (Å²) >= 11 is 1.58. The van der Waals surface area contributed by atoms with E-state index in [-0.39, 0.29) is 12.4 Å². The molecule has 0 saturated heterocycles. The first kappa shape index (κ1) is 12.7. The average Bonchev–Trinajstić information content (AvgIpc) is 2.78. The fourth-order valence-electron chi connectivity index (χ4n) is 1.22. The third-order valence-corrected chi connectivity index (χ3v) is 3.08. The predicted octanol–water partition coefficient (Wildman–Crippen LogP) is 2.56. The van der Waals surface area contributed by atoms with E-state index in [1.807, 2.05) is 12.1 Å². The van der Waals surface area contributed by atoms with Crippen molar-refractivity contribution in [2.24, 2.45) is 5.73 Å². The van der Waals surface area contributed by atoms with Crippen molar-refractivity contribution in [2.45, 2.75) is 6.54 Å². The minimum absolute atomic E-state index is 0. The largest absolute Gasteiger partial charge is 0.326 e. The Morgan fingerprint density at radius 2 is 2.00 bits per heavy atom. The molecule has 0 atom stereocenters. The molecule has 0 spiro atoms. The standard InChI is InChI=1S/C11H9N3S.ClH/c12-5-8-1-3-9(4-2-8)11-14-7-10(6-13)15-11;/h1-4,7H,6,13H2;1H. The van der Waals surface area contributed by atoms with Gasteiger partial charge in [-0.2, -0.15) is 5.26 Å². The van der Waals surface area contributed by atoms with Crippen molar-refractivity contribution in [3.8, 4) is 16.6 Å². The van der Waals surface area contributed by atoms with Crippen molar-refractivity contribution in [1.82, 2.24) is 4.98 Å². The van der Waals surface area contributed by atoms with Crippen molar-refractivity contribution in [3.63, 3.8) is 0 Å². The molecule has 1 aromatic heterocycles. The third-order valence-electron chi connectivity index (χ3n) is 2.02. The van der Waals surface area contributed by atoms with Crippen LogP contribution in [0.5, 0.6) is 0 Å². The van der Waals surface area contributed by atoms with Crippen molar-refractivity contribution >= 4 is 23.7 Å². The molecule has 2 N–H and O–H groups in total. The van der Waals surface area contributed by atoms with Gasteiger partial charge in [-0.15, -0.1) is 23.7 Å². The van der Waals surface area contributed by atoms with Crippen LogP contribution in [0.1, 0.15) is 10.4 Å². The van der Waals surface area contributed by atoms with Gasteiger partial charge in [0, 0.05) is 23.2 Å². The quantitative estimate of drug-likeness (QED) is 0.892. The third kappa shape index (κ3) is 2.58. The van der Waals surface area contributed by atoms with Crippen LogP contribution in [0.4, 0.5) is 0 Å². The molecule has 0 aliphatic heterocycles. The Hall–Kier alpha value is -1.41. The van der Waals surface area contributed by atoms with E-state index in [4.69, 9.17) is 11.0 Å². The molecule has 0 bridgehead atoms. The van der Waals surface area contributed by atoms with Crippen LogP contribution >= 0.6 is 23.7 Å². The second-order valence-corrected chi connectivity index (χ2v) is 4.14. The molecule has 3 nitrogen and oxygen atoms in total. The highest BCUT2D eigenvalue weighted by Gasteiger charge is 2.03. The van der Waals surface area contributed by atoms with Gasteiger partial charge in [-0.05, 0) is 12.1 Å². The van der Waals surface area contributed by atoms with E-state index >= 15 is 0 Å². The summed E-state index contributed by atoms with van der Waals surface area (Å²) < 4.78 is 0. The zero-order valence-corrected chi connectivity index (χ0v) is 10.0. The summed E-state index contributed by atoms with van der Waals surface area (Å²) in [6.45, 7) is 0.522. The molecule has 0 amide bonds. The summed E-state index contributed by atoms with van der Waals surface area (Å²) in [5, 5.41) is 9.61. The first-order valence-electron chi connectivity index (χ1n) is 4.49. The second-order valence-electron chi connectivity index (χ2n) is 3.03. The van der Waals surface area contributed by atoms with Gasteiger partial charge in [0.1, 0.15) is 5.01 Å². The van der Waals surface area contributed by atoms with Gasteiger partial charge < -0.3 is 5.73 Å². The van der Waals surface area contributed by atoms with Crippen LogP contribution < -0.4 is 5.73 Å². The SMILES string of the molecule is Cl.N#Cc1ccc(-c2ncc(CN)s2)cc1. The van der Waals surface area contributed by atoms with Crippen LogP contribution in [0.2, 0.25) is 0 Å². The predicted molar refractivity (Wildman–Crippen MR) is 67.4 cm³/mol. The molecule has 82 valence electrons. The number of nitrogens with zero attached hydrogens (tertiary/aromatic N) is 2. The van der Waals surface area contributed by atoms with E-state index in [2.05, 4.69) is 11.1 Å². The molecule has 1 aromatic carbocycles. The van der Waals surface area contributed by atoms with Crippen molar-refractivity contribution < 1.29 is 0 Å². The fraction of sp³-hybridized carbons (Fsp3) is 0.0909. The van der Waals surface area contributed by atoms with Gasteiger partial charge in [-0.1, -0.05) is 12.1 Å². The number of benzene rings is 1. The average molecular weight is 252 g/mol. The Bertz CT molecular complexity index is 499. The minimum Gasteiger partial charge on any atom is -0.326 e. The molecule has 2 aromatic rings. The topological polar surface area (TPSA) is 62.7 Å². The van der Waals surface area contributed by atoms with E-state index in [0.29, 0.717) is 12.1 Å². The minimum atomic E-state index is 0. The zero-order chi connectivity index (χ0) is 10.7. The summed E-state index contributed by atoms with van der Waals surface area (Å²) in [7, 11) is 0. The van der Waals surface area contributed by atoms with E-state index < -0.39 is 0 Å². The number of aromatic nitrogens is 1. The summed E-state index contributed by atoms with van der Waals surface area (Å²) in [5.74, 6) is 0. The molecular formula is C11H10ClN3S. The number of hydrogen-bond donors (Lipinski definition) is 1. The van der Waals surface area contributed by atoms with Gasteiger partial charge in [-0.3, -0.25) is 0 Å². The summed E-state index contributed by atoms with van der Waals surface area (Å²) in [6.07, 6.45) is 1.79. The molecule has 0 radical (unpaired) electrons. The Balaban J connectivity index is 0.00000128. The van der Waals surface area contributed by atoms with E-state index in [9.17, 15) is 0 Å². The molecule has 1 heterocycles. The van der Waals surface area contributed by atoms with Crippen LogP contribution in [-0.4, -0.2) is 4.98 Å². The fourth-order valence-corrected chi connectivity index (χ4v) is 2.02. The smallest absolute Gasteiger partial charge is 0.123 e. The van der Waals surface area contributed by atoms with E-state index in [0.717, 1.165) is 15.4 Å². The van der Waals surface area contributed by atoms with Crippen molar-refractivity contribution in [3.05, 3.63) is 40.9 Å². The molecule has 0 unspecified atom stereocenters. The lowest BCUT2D eigenvalue weighted by atomic mass is 10.1. The monoisotopic (exact) mass is 251 g/mol. The number of halogens is 1. The first-order valence-corrected chi connectivity index (χ1v) is 5.30. The lowest BCUT2D eigenvalue weighted by Crippen LogP contribution is -1.91.